The third-order valence-electron chi connectivity index (χ3n) is 5.19. The quantitative estimate of drug-likeness (QED) is 0.209. The van der Waals surface area contributed by atoms with E-state index in [1.165, 1.54) is 0 Å². The van der Waals surface area contributed by atoms with Crippen molar-refractivity contribution in [2.45, 2.75) is 46.2 Å². The molecule has 0 aliphatic carbocycles. The first kappa shape index (κ1) is 22.3. The molecular formula is C23H28N4O4. The highest BCUT2D eigenvalue weighted by atomic mass is 16.5. The molecule has 0 fully saturated rings. The molecule has 0 radical (unpaired) electrons. The molecular weight excluding hydrogens is 396 g/mol. The number of amides is 2. The average molecular weight is 425 g/mol. The molecule has 8 nitrogen and oxygen atoms in total. The standard InChI is InChI=1S/C23H28N4O4/c1-3-31-21(28)8-4-5-12-27-20-10-9-17(14-25-23(29)26-30)13-19(20)16(2)22(27)18-7-6-11-24-15-18/h6-7,9-11,13,15,30H,3-5,8,12,14H2,1-2H3,(H2,25,26,29). The lowest BCUT2D eigenvalue weighted by Crippen LogP contribution is -2.32. The van der Waals surface area contributed by atoms with Gasteiger partial charge in [-0.2, -0.15) is 0 Å². The number of pyridine rings is 1. The van der Waals surface area contributed by atoms with E-state index in [4.69, 9.17) is 9.94 Å². The number of nitrogens with one attached hydrogen (secondary N) is 2. The summed E-state index contributed by atoms with van der Waals surface area (Å²) in [7, 11) is 0. The Labute approximate surface area is 181 Å². The van der Waals surface area contributed by atoms with E-state index < -0.39 is 6.03 Å². The molecule has 2 heterocycles. The van der Waals surface area contributed by atoms with Gasteiger partial charge in [-0.3, -0.25) is 15.0 Å². The van der Waals surface area contributed by atoms with Crippen molar-refractivity contribution in [2.75, 3.05) is 6.61 Å². The van der Waals surface area contributed by atoms with Crippen molar-refractivity contribution in [3.05, 3.63) is 53.9 Å². The second kappa shape index (κ2) is 10.6. The van der Waals surface area contributed by atoms with Gasteiger partial charge >= 0.3 is 12.0 Å². The number of hydrogen-bond donors (Lipinski definition) is 3. The second-order valence-electron chi connectivity index (χ2n) is 7.28. The molecule has 0 spiro atoms. The van der Waals surface area contributed by atoms with Crippen LogP contribution in [0.2, 0.25) is 0 Å². The first-order valence-corrected chi connectivity index (χ1v) is 10.4. The van der Waals surface area contributed by atoms with Crippen molar-refractivity contribution in [3.63, 3.8) is 0 Å². The molecule has 2 amide bonds. The van der Waals surface area contributed by atoms with Gasteiger partial charge in [-0.25, -0.2) is 10.3 Å². The summed E-state index contributed by atoms with van der Waals surface area (Å²) in [5.74, 6) is -0.160. The van der Waals surface area contributed by atoms with Crippen LogP contribution in [0.5, 0.6) is 0 Å². The highest BCUT2D eigenvalue weighted by Crippen LogP contribution is 2.34. The zero-order chi connectivity index (χ0) is 22.2. The molecule has 0 aliphatic heterocycles. The minimum Gasteiger partial charge on any atom is -0.466 e. The summed E-state index contributed by atoms with van der Waals surface area (Å²) in [6.07, 6.45) is 5.61. The van der Waals surface area contributed by atoms with Crippen molar-refractivity contribution < 1.29 is 19.5 Å². The number of nitrogens with zero attached hydrogens (tertiary/aromatic N) is 2. The molecule has 0 atom stereocenters. The third-order valence-corrected chi connectivity index (χ3v) is 5.19. The number of carbonyl (C=O) groups excluding carboxylic acids is 2. The molecule has 3 rings (SSSR count). The van der Waals surface area contributed by atoms with Gasteiger partial charge in [0.05, 0.1) is 12.3 Å². The number of carbonyl (C=O) groups is 2. The van der Waals surface area contributed by atoms with Gasteiger partial charge in [0, 0.05) is 48.4 Å². The van der Waals surface area contributed by atoms with Crippen LogP contribution in [0.1, 0.15) is 37.3 Å². The number of rotatable bonds is 9. The molecule has 31 heavy (non-hydrogen) atoms. The van der Waals surface area contributed by atoms with Gasteiger partial charge in [0.25, 0.3) is 0 Å². The molecule has 3 aromatic rings. The molecule has 1 aromatic carbocycles. The maximum absolute atomic E-state index is 11.6. The zero-order valence-electron chi connectivity index (χ0n) is 17.9. The van der Waals surface area contributed by atoms with Crippen LogP contribution < -0.4 is 10.8 Å². The fourth-order valence-electron chi connectivity index (χ4n) is 3.78. The third kappa shape index (κ3) is 5.40. The van der Waals surface area contributed by atoms with E-state index >= 15 is 0 Å². The fourth-order valence-corrected chi connectivity index (χ4v) is 3.78. The van der Waals surface area contributed by atoms with E-state index in [-0.39, 0.29) is 5.97 Å². The van der Waals surface area contributed by atoms with Crippen LogP contribution >= 0.6 is 0 Å². The highest BCUT2D eigenvalue weighted by Gasteiger charge is 2.16. The van der Waals surface area contributed by atoms with E-state index in [0.29, 0.717) is 19.6 Å². The van der Waals surface area contributed by atoms with Gasteiger partial charge in [-0.1, -0.05) is 6.07 Å². The van der Waals surface area contributed by atoms with Gasteiger partial charge in [-0.05, 0) is 62.1 Å². The molecule has 164 valence electrons. The molecule has 2 aromatic heterocycles. The Hall–Kier alpha value is -3.39. The number of esters is 1. The van der Waals surface area contributed by atoms with Crippen LogP contribution in [0.3, 0.4) is 0 Å². The monoisotopic (exact) mass is 424 g/mol. The van der Waals surface area contributed by atoms with Crippen LogP contribution in [-0.2, 0) is 22.6 Å². The Bertz CT molecular complexity index is 1050. The first-order chi connectivity index (χ1) is 15.0. The summed E-state index contributed by atoms with van der Waals surface area (Å²) in [5, 5.41) is 12.3. The number of aromatic nitrogens is 2. The number of hydrogen-bond acceptors (Lipinski definition) is 5. The number of unbranched alkanes of at least 4 members (excludes halogenated alkanes) is 1. The maximum atomic E-state index is 11.6. The zero-order valence-corrected chi connectivity index (χ0v) is 17.9. The van der Waals surface area contributed by atoms with Crippen molar-refractivity contribution in [1.29, 1.82) is 0 Å². The number of benzene rings is 1. The predicted molar refractivity (Wildman–Crippen MR) is 118 cm³/mol. The average Bonchev–Trinajstić information content (AvgIpc) is 3.07. The lowest BCUT2D eigenvalue weighted by atomic mass is 10.1. The smallest absolute Gasteiger partial charge is 0.338 e. The Morgan fingerprint density at radius 3 is 2.77 bits per heavy atom. The molecule has 0 aliphatic rings. The predicted octanol–water partition coefficient (Wildman–Crippen LogP) is 3.93. The Morgan fingerprint density at radius 2 is 2.06 bits per heavy atom. The SMILES string of the molecule is CCOC(=O)CCCCn1c(-c2cccnc2)c(C)c2cc(CNC(=O)NO)ccc21. The van der Waals surface area contributed by atoms with Gasteiger partial charge < -0.3 is 14.6 Å². The molecule has 0 bridgehead atoms. The van der Waals surface area contributed by atoms with Crippen LogP contribution in [0, 0.1) is 6.92 Å². The van der Waals surface area contributed by atoms with Gasteiger partial charge in [0.15, 0.2) is 0 Å². The number of ether oxygens (including phenoxy) is 1. The highest BCUT2D eigenvalue weighted by molar-refractivity contribution is 5.92. The van der Waals surface area contributed by atoms with Gasteiger partial charge in [0.2, 0.25) is 0 Å². The second-order valence-corrected chi connectivity index (χ2v) is 7.28. The molecule has 0 saturated carbocycles. The largest absolute Gasteiger partial charge is 0.466 e. The van der Waals surface area contributed by atoms with Crippen molar-refractivity contribution in [2.24, 2.45) is 0 Å². The number of fused-ring (bicyclic) bond motifs is 1. The Balaban J connectivity index is 1.90. The lowest BCUT2D eigenvalue weighted by Gasteiger charge is -2.12. The Morgan fingerprint density at radius 1 is 1.23 bits per heavy atom. The van der Waals surface area contributed by atoms with Crippen LogP contribution in [0.15, 0.2) is 42.7 Å². The number of hydroxylamine groups is 1. The molecule has 8 heteroatoms. The van der Waals surface area contributed by atoms with E-state index in [9.17, 15) is 9.59 Å². The van der Waals surface area contributed by atoms with Crippen LogP contribution in [0.25, 0.3) is 22.2 Å². The minimum atomic E-state index is -0.646. The number of aryl methyl sites for hydroxylation is 2. The molecule has 0 saturated heterocycles. The number of urea groups is 1. The van der Waals surface area contributed by atoms with Crippen molar-refractivity contribution in [1.82, 2.24) is 20.3 Å². The van der Waals surface area contributed by atoms with Gasteiger partial charge in [-0.15, -0.1) is 0 Å². The van der Waals surface area contributed by atoms with E-state index in [1.54, 1.807) is 11.7 Å². The van der Waals surface area contributed by atoms with Crippen molar-refractivity contribution in [3.8, 4) is 11.3 Å². The maximum Gasteiger partial charge on any atom is 0.338 e. The normalized spacial score (nSPS) is 10.8. The summed E-state index contributed by atoms with van der Waals surface area (Å²) in [6, 6.07) is 9.37. The lowest BCUT2D eigenvalue weighted by molar-refractivity contribution is -0.143. The summed E-state index contributed by atoms with van der Waals surface area (Å²) < 4.78 is 7.29. The fraction of sp³-hybridized carbons (Fsp3) is 0.348. The molecule has 3 N–H and O–H groups in total. The van der Waals surface area contributed by atoms with Crippen LogP contribution in [-0.4, -0.2) is 33.4 Å². The van der Waals surface area contributed by atoms with Crippen LogP contribution in [0.4, 0.5) is 4.79 Å². The summed E-state index contributed by atoms with van der Waals surface area (Å²) in [5.41, 5.74) is 6.83. The van der Waals surface area contributed by atoms with Crippen molar-refractivity contribution >= 4 is 22.9 Å². The summed E-state index contributed by atoms with van der Waals surface area (Å²) >= 11 is 0. The van der Waals surface area contributed by atoms with E-state index in [2.05, 4.69) is 27.9 Å². The minimum absolute atomic E-state index is 0.160. The summed E-state index contributed by atoms with van der Waals surface area (Å²) in [6.45, 7) is 5.36. The first-order valence-electron chi connectivity index (χ1n) is 10.4. The van der Waals surface area contributed by atoms with E-state index in [1.807, 2.05) is 37.4 Å². The van der Waals surface area contributed by atoms with Gasteiger partial charge in [0.1, 0.15) is 0 Å². The van der Waals surface area contributed by atoms with E-state index in [0.717, 1.165) is 52.7 Å². The summed E-state index contributed by atoms with van der Waals surface area (Å²) in [4.78, 5) is 27.2. The molecule has 0 unspecified atom stereocenters. The Kier molecular flexibility index (Phi) is 7.61. The topological polar surface area (TPSA) is 105 Å².